The highest BCUT2D eigenvalue weighted by Crippen LogP contribution is 2.36. The first-order valence-corrected chi connectivity index (χ1v) is 10.4. The van der Waals surface area contributed by atoms with E-state index in [4.69, 9.17) is 4.74 Å². The predicted octanol–water partition coefficient (Wildman–Crippen LogP) is 5.21. The standard InChI is InChI=1S/C24H31NO4/c1-4-7-8-12-17-29-24(28)20-16-15-19(21(23(20)27)25(5-2)6-3)22(26)18-13-10-9-11-14-18/h9-11,13-16,27H,4-8,12,17H2,1-3H3. The van der Waals surface area contributed by atoms with Gasteiger partial charge in [0.05, 0.1) is 12.3 Å². The second kappa shape index (κ2) is 11.2. The average Bonchev–Trinajstić information content (AvgIpc) is 2.75. The SMILES string of the molecule is CCCCCCOC(=O)c1ccc(C(=O)c2ccccc2)c(N(CC)CC)c1O. The van der Waals surface area contributed by atoms with Crippen LogP contribution in [0.25, 0.3) is 0 Å². The van der Waals surface area contributed by atoms with Gasteiger partial charge in [-0.05, 0) is 32.4 Å². The lowest BCUT2D eigenvalue weighted by atomic mass is 9.98. The molecule has 0 atom stereocenters. The van der Waals surface area contributed by atoms with Crippen molar-refractivity contribution < 1.29 is 19.4 Å². The highest BCUT2D eigenvalue weighted by Gasteiger charge is 2.25. The normalized spacial score (nSPS) is 10.6. The molecular formula is C24H31NO4. The number of rotatable bonds is 11. The van der Waals surface area contributed by atoms with Crippen molar-refractivity contribution in [2.75, 3.05) is 24.6 Å². The topological polar surface area (TPSA) is 66.8 Å². The number of carbonyl (C=O) groups excluding carboxylic acids is 2. The molecule has 29 heavy (non-hydrogen) atoms. The molecule has 0 aliphatic carbocycles. The Kier molecular flexibility index (Phi) is 8.71. The van der Waals surface area contributed by atoms with Gasteiger partial charge in [0.15, 0.2) is 11.5 Å². The molecule has 2 aromatic carbocycles. The van der Waals surface area contributed by atoms with Gasteiger partial charge in [0, 0.05) is 24.2 Å². The number of unbranched alkanes of at least 4 members (excludes halogenated alkanes) is 3. The number of esters is 1. The third-order valence-electron chi connectivity index (χ3n) is 4.96. The molecule has 0 unspecified atom stereocenters. The molecule has 0 bridgehead atoms. The molecule has 0 aromatic heterocycles. The Balaban J connectivity index is 2.35. The lowest BCUT2D eigenvalue weighted by Gasteiger charge is -2.25. The van der Waals surface area contributed by atoms with E-state index in [1.54, 1.807) is 30.3 Å². The highest BCUT2D eigenvalue weighted by atomic mass is 16.5. The van der Waals surface area contributed by atoms with Crippen LogP contribution in [0.1, 0.15) is 72.7 Å². The fourth-order valence-electron chi connectivity index (χ4n) is 3.30. The van der Waals surface area contributed by atoms with E-state index in [1.807, 2.05) is 24.8 Å². The maximum Gasteiger partial charge on any atom is 0.341 e. The first-order valence-electron chi connectivity index (χ1n) is 10.4. The monoisotopic (exact) mass is 397 g/mol. The molecule has 0 fully saturated rings. The zero-order valence-electron chi connectivity index (χ0n) is 17.6. The number of hydrogen-bond donors (Lipinski definition) is 1. The molecule has 2 aromatic rings. The van der Waals surface area contributed by atoms with Crippen molar-refractivity contribution in [3.8, 4) is 5.75 Å². The van der Waals surface area contributed by atoms with Crippen molar-refractivity contribution >= 4 is 17.4 Å². The van der Waals surface area contributed by atoms with Crippen molar-refractivity contribution in [2.45, 2.75) is 46.5 Å². The van der Waals surface area contributed by atoms with E-state index >= 15 is 0 Å². The molecule has 0 amide bonds. The van der Waals surface area contributed by atoms with E-state index in [1.165, 1.54) is 6.07 Å². The highest BCUT2D eigenvalue weighted by molar-refractivity contribution is 6.14. The number of ketones is 1. The predicted molar refractivity (Wildman–Crippen MR) is 116 cm³/mol. The lowest BCUT2D eigenvalue weighted by molar-refractivity contribution is 0.0494. The summed E-state index contributed by atoms with van der Waals surface area (Å²) >= 11 is 0. The number of phenolic OH excluding ortho intramolecular Hbond substituents is 1. The Morgan fingerprint density at radius 3 is 2.17 bits per heavy atom. The second-order valence-corrected chi connectivity index (χ2v) is 6.92. The summed E-state index contributed by atoms with van der Waals surface area (Å²) in [5, 5.41) is 10.9. The number of hydrogen-bond acceptors (Lipinski definition) is 5. The van der Waals surface area contributed by atoms with Crippen LogP contribution in [0.5, 0.6) is 5.75 Å². The molecular weight excluding hydrogens is 366 g/mol. The number of aromatic hydroxyl groups is 1. The van der Waals surface area contributed by atoms with Crippen LogP contribution in [0.4, 0.5) is 5.69 Å². The molecule has 5 heteroatoms. The largest absolute Gasteiger partial charge is 0.505 e. The molecule has 0 saturated carbocycles. The smallest absolute Gasteiger partial charge is 0.341 e. The van der Waals surface area contributed by atoms with Crippen molar-refractivity contribution in [3.63, 3.8) is 0 Å². The van der Waals surface area contributed by atoms with E-state index in [2.05, 4.69) is 6.92 Å². The van der Waals surface area contributed by atoms with Crippen LogP contribution in [0, 0.1) is 0 Å². The van der Waals surface area contributed by atoms with Gasteiger partial charge < -0.3 is 14.7 Å². The van der Waals surface area contributed by atoms with Gasteiger partial charge in [-0.25, -0.2) is 4.79 Å². The second-order valence-electron chi connectivity index (χ2n) is 6.92. The number of anilines is 1. The molecule has 0 aliphatic heterocycles. The number of benzene rings is 2. The first-order chi connectivity index (χ1) is 14.0. The molecule has 0 heterocycles. The van der Waals surface area contributed by atoms with Gasteiger partial charge in [0.2, 0.25) is 0 Å². The van der Waals surface area contributed by atoms with Crippen LogP contribution < -0.4 is 4.90 Å². The summed E-state index contributed by atoms with van der Waals surface area (Å²) in [6.07, 6.45) is 4.02. The minimum Gasteiger partial charge on any atom is -0.505 e. The van der Waals surface area contributed by atoms with Crippen LogP contribution >= 0.6 is 0 Å². The first kappa shape index (κ1) is 22.5. The molecule has 0 spiro atoms. The van der Waals surface area contributed by atoms with Crippen LogP contribution in [0.2, 0.25) is 0 Å². The maximum atomic E-state index is 13.1. The molecule has 0 saturated heterocycles. The van der Waals surface area contributed by atoms with Crippen LogP contribution in [0.3, 0.4) is 0 Å². The van der Waals surface area contributed by atoms with Gasteiger partial charge >= 0.3 is 5.97 Å². The van der Waals surface area contributed by atoms with Crippen molar-refractivity contribution in [1.82, 2.24) is 0 Å². The lowest BCUT2D eigenvalue weighted by Crippen LogP contribution is -2.25. The molecule has 156 valence electrons. The summed E-state index contributed by atoms with van der Waals surface area (Å²) in [5.74, 6) is -0.956. The Bertz CT molecular complexity index is 813. The molecule has 0 aliphatic rings. The fourth-order valence-corrected chi connectivity index (χ4v) is 3.30. The quantitative estimate of drug-likeness (QED) is 0.320. The number of ether oxygens (including phenoxy) is 1. The Morgan fingerprint density at radius 1 is 0.897 bits per heavy atom. The van der Waals surface area contributed by atoms with E-state index in [0.29, 0.717) is 36.5 Å². The molecule has 1 N–H and O–H groups in total. The van der Waals surface area contributed by atoms with Gasteiger partial charge in [-0.2, -0.15) is 0 Å². The minimum atomic E-state index is -0.564. The Hall–Kier alpha value is -2.82. The van der Waals surface area contributed by atoms with Crippen molar-refractivity contribution in [1.29, 1.82) is 0 Å². The van der Waals surface area contributed by atoms with Gasteiger partial charge in [0.1, 0.15) is 5.56 Å². The summed E-state index contributed by atoms with van der Waals surface area (Å²) in [4.78, 5) is 27.4. The third kappa shape index (κ3) is 5.59. The van der Waals surface area contributed by atoms with Crippen molar-refractivity contribution in [2.24, 2.45) is 0 Å². The van der Waals surface area contributed by atoms with E-state index in [9.17, 15) is 14.7 Å². The maximum absolute atomic E-state index is 13.1. The number of carbonyl (C=O) groups is 2. The fraction of sp³-hybridized carbons (Fsp3) is 0.417. The summed E-state index contributed by atoms with van der Waals surface area (Å²) in [6.45, 7) is 7.51. The summed E-state index contributed by atoms with van der Waals surface area (Å²) in [6, 6.07) is 12.0. The molecule has 5 nitrogen and oxygen atoms in total. The van der Waals surface area contributed by atoms with Crippen LogP contribution in [0.15, 0.2) is 42.5 Å². The Labute approximate surface area is 173 Å². The van der Waals surface area contributed by atoms with Crippen LogP contribution in [-0.4, -0.2) is 36.6 Å². The van der Waals surface area contributed by atoms with E-state index in [-0.39, 0.29) is 17.1 Å². The summed E-state index contributed by atoms with van der Waals surface area (Å²) in [7, 11) is 0. The van der Waals surface area contributed by atoms with Crippen LogP contribution in [-0.2, 0) is 4.74 Å². The summed E-state index contributed by atoms with van der Waals surface area (Å²) in [5.41, 5.74) is 1.37. The average molecular weight is 398 g/mol. The van der Waals surface area contributed by atoms with Gasteiger partial charge in [-0.15, -0.1) is 0 Å². The van der Waals surface area contributed by atoms with E-state index in [0.717, 1.165) is 25.7 Å². The number of phenols is 1. The summed E-state index contributed by atoms with van der Waals surface area (Å²) < 4.78 is 5.34. The minimum absolute atomic E-state index is 0.0898. The van der Waals surface area contributed by atoms with E-state index < -0.39 is 5.97 Å². The molecule has 0 radical (unpaired) electrons. The zero-order chi connectivity index (χ0) is 21.2. The van der Waals surface area contributed by atoms with Crippen molar-refractivity contribution in [3.05, 3.63) is 59.2 Å². The van der Waals surface area contributed by atoms with Gasteiger partial charge in [-0.1, -0.05) is 56.5 Å². The molecule has 2 rings (SSSR count). The third-order valence-corrected chi connectivity index (χ3v) is 4.96. The Morgan fingerprint density at radius 2 is 1.55 bits per heavy atom. The number of nitrogens with zero attached hydrogens (tertiary/aromatic N) is 1. The van der Waals surface area contributed by atoms with Gasteiger partial charge in [0.25, 0.3) is 0 Å². The zero-order valence-corrected chi connectivity index (χ0v) is 17.6. The van der Waals surface area contributed by atoms with Gasteiger partial charge in [-0.3, -0.25) is 4.79 Å².